The summed E-state index contributed by atoms with van der Waals surface area (Å²) in [5.74, 6) is 5.48. The molecule has 0 aliphatic heterocycles. The van der Waals surface area contributed by atoms with Gasteiger partial charge in [-0.3, -0.25) is 0 Å². The molecule has 0 N–H and O–H groups in total. The standard InChI is InChI=1S/C6H10O2.C2H6O/c1-7-5-3-4-6-8-2;1-3-2/h5-6H2,1-2H3;1-2H3. The highest BCUT2D eigenvalue weighted by molar-refractivity contribution is 4.98. The first-order valence-electron chi connectivity index (χ1n) is 3.17. The summed E-state index contributed by atoms with van der Waals surface area (Å²) in [6.45, 7) is 0.979. The lowest BCUT2D eigenvalue weighted by Gasteiger charge is -1.83. The first-order valence-corrected chi connectivity index (χ1v) is 3.17. The van der Waals surface area contributed by atoms with E-state index in [4.69, 9.17) is 0 Å². The van der Waals surface area contributed by atoms with Crippen LogP contribution in [0, 0.1) is 11.8 Å². The maximum absolute atomic E-state index is 4.66. The molecule has 0 saturated heterocycles. The van der Waals surface area contributed by atoms with Gasteiger partial charge in [0.2, 0.25) is 0 Å². The Labute approximate surface area is 68.6 Å². The van der Waals surface area contributed by atoms with Crippen LogP contribution >= 0.6 is 0 Å². The minimum Gasteiger partial charge on any atom is -0.388 e. The first-order chi connectivity index (χ1) is 5.33. The molecule has 0 aromatic carbocycles. The van der Waals surface area contributed by atoms with Gasteiger partial charge in [0.25, 0.3) is 0 Å². The molecule has 0 aromatic heterocycles. The van der Waals surface area contributed by atoms with Gasteiger partial charge < -0.3 is 14.2 Å². The maximum atomic E-state index is 4.66. The zero-order chi connectivity index (χ0) is 8.95. The van der Waals surface area contributed by atoms with Gasteiger partial charge >= 0.3 is 0 Å². The Bertz CT molecular complexity index is 91.6. The van der Waals surface area contributed by atoms with Gasteiger partial charge in [0.1, 0.15) is 13.2 Å². The second-order valence-corrected chi connectivity index (χ2v) is 1.63. The molecular weight excluding hydrogens is 144 g/mol. The van der Waals surface area contributed by atoms with Gasteiger partial charge in [-0.25, -0.2) is 0 Å². The molecule has 0 unspecified atom stereocenters. The van der Waals surface area contributed by atoms with E-state index in [1.807, 2.05) is 0 Å². The quantitative estimate of drug-likeness (QED) is 0.552. The summed E-state index contributed by atoms with van der Waals surface area (Å²) >= 11 is 0. The van der Waals surface area contributed by atoms with Crippen molar-refractivity contribution in [1.29, 1.82) is 0 Å². The van der Waals surface area contributed by atoms with Crippen LogP contribution < -0.4 is 0 Å². The van der Waals surface area contributed by atoms with Crippen molar-refractivity contribution in [3.8, 4) is 11.8 Å². The smallest absolute Gasteiger partial charge is 0.107 e. The molecule has 3 heteroatoms. The lowest BCUT2D eigenvalue weighted by atomic mass is 10.6. The van der Waals surface area contributed by atoms with Crippen LogP contribution in [-0.2, 0) is 14.2 Å². The van der Waals surface area contributed by atoms with Gasteiger partial charge in [-0.15, -0.1) is 0 Å². The summed E-state index contributed by atoms with van der Waals surface area (Å²) < 4.78 is 13.6. The number of ether oxygens (including phenoxy) is 3. The number of rotatable bonds is 2. The molecule has 11 heavy (non-hydrogen) atoms. The molecule has 0 fully saturated rings. The van der Waals surface area contributed by atoms with Crippen LogP contribution in [-0.4, -0.2) is 41.7 Å². The largest absolute Gasteiger partial charge is 0.388 e. The Morgan fingerprint density at radius 2 is 1.09 bits per heavy atom. The molecule has 0 aliphatic carbocycles. The third-order valence-corrected chi connectivity index (χ3v) is 0.558. The van der Waals surface area contributed by atoms with Gasteiger partial charge in [0.05, 0.1) is 0 Å². The maximum Gasteiger partial charge on any atom is 0.107 e. The summed E-state index contributed by atoms with van der Waals surface area (Å²) in [6.07, 6.45) is 0. The molecule has 0 bridgehead atoms. The summed E-state index contributed by atoms with van der Waals surface area (Å²) in [6, 6.07) is 0. The van der Waals surface area contributed by atoms with E-state index in [9.17, 15) is 0 Å². The average Bonchev–Trinajstić information content (AvgIpc) is 2.00. The molecule has 0 atom stereocenters. The van der Waals surface area contributed by atoms with Crippen molar-refractivity contribution < 1.29 is 14.2 Å². The minimum absolute atomic E-state index is 0.489. The van der Waals surface area contributed by atoms with Crippen LogP contribution in [0.15, 0.2) is 0 Å². The lowest BCUT2D eigenvalue weighted by Crippen LogP contribution is -1.85. The fraction of sp³-hybridized carbons (Fsp3) is 0.750. The predicted octanol–water partition coefficient (Wildman–Crippen LogP) is 0.545. The molecule has 0 aliphatic rings. The van der Waals surface area contributed by atoms with E-state index in [1.54, 1.807) is 28.4 Å². The highest BCUT2D eigenvalue weighted by Crippen LogP contribution is 1.63. The summed E-state index contributed by atoms with van der Waals surface area (Å²) in [4.78, 5) is 0. The normalized spacial score (nSPS) is 7.27. The Balaban J connectivity index is 0. The Morgan fingerprint density at radius 1 is 0.818 bits per heavy atom. The van der Waals surface area contributed by atoms with Crippen LogP contribution in [0.1, 0.15) is 0 Å². The number of hydrogen-bond donors (Lipinski definition) is 0. The Hall–Kier alpha value is -0.560. The topological polar surface area (TPSA) is 27.7 Å². The Morgan fingerprint density at radius 3 is 1.27 bits per heavy atom. The SMILES string of the molecule is COC.COCC#CCOC. The molecule has 0 amide bonds. The monoisotopic (exact) mass is 160 g/mol. The fourth-order valence-electron chi connectivity index (χ4n) is 0.246. The van der Waals surface area contributed by atoms with Gasteiger partial charge in [-0.05, 0) is 0 Å². The first kappa shape index (κ1) is 13.1. The summed E-state index contributed by atoms with van der Waals surface area (Å²) in [5, 5.41) is 0. The molecule has 0 heterocycles. The van der Waals surface area contributed by atoms with Crippen LogP contribution in [0.5, 0.6) is 0 Å². The van der Waals surface area contributed by atoms with E-state index in [0.717, 1.165) is 0 Å². The van der Waals surface area contributed by atoms with E-state index >= 15 is 0 Å². The van der Waals surface area contributed by atoms with Crippen molar-refractivity contribution in [2.24, 2.45) is 0 Å². The molecule has 0 aromatic rings. The number of hydrogen-bond acceptors (Lipinski definition) is 3. The van der Waals surface area contributed by atoms with Gasteiger partial charge in [0.15, 0.2) is 0 Å². The molecule has 0 radical (unpaired) electrons. The second-order valence-electron chi connectivity index (χ2n) is 1.63. The molecular formula is C8H16O3. The molecule has 0 saturated carbocycles. The highest BCUT2D eigenvalue weighted by Gasteiger charge is 1.67. The average molecular weight is 160 g/mol. The molecule has 0 spiro atoms. The fourth-order valence-corrected chi connectivity index (χ4v) is 0.246. The van der Waals surface area contributed by atoms with E-state index in [-0.39, 0.29) is 0 Å². The van der Waals surface area contributed by atoms with E-state index < -0.39 is 0 Å². The van der Waals surface area contributed by atoms with Crippen LogP contribution in [0.4, 0.5) is 0 Å². The molecule has 66 valence electrons. The van der Waals surface area contributed by atoms with Crippen molar-refractivity contribution in [3.05, 3.63) is 0 Å². The Kier molecular flexibility index (Phi) is 19.3. The zero-order valence-corrected chi connectivity index (χ0v) is 7.64. The third kappa shape index (κ3) is 26.5. The summed E-state index contributed by atoms with van der Waals surface area (Å²) in [5.41, 5.74) is 0. The van der Waals surface area contributed by atoms with Crippen molar-refractivity contribution >= 4 is 0 Å². The summed E-state index contributed by atoms with van der Waals surface area (Å²) in [7, 11) is 6.48. The predicted molar refractivity (Wildman–Crippen MR) is 44.5 cm³/mol. The van der Waals surface area contributed by atoms with Crippen molar-refractivity contribution in [2.45, 2.75) is 0 Å². The van der Waals surface area contributed by atoms with Crippen molar-refractivity contribution in [3.63, 3.8) is 0 Å². The van der Waals surface area contributed by atoms with Crippen molar-refractivity contribution in [1.82, 2.24) is 0 Å². The van der Waals surface area contributed by atoms with Crippen LogP contribution in [0.2, 0.25) is 0 Å². The van der Waals surface area contributed by atoms with E-state index in [2.05, 4.69) is 26.1 Å². The van der Waals surface area contributed by atoms with E-state index in [0.29, 0.717) is 13.2 Å². The van der Waals surface area contributed by atoms with Crippen molar-refractivity contribution in [2.75, 3.05) is 41.7 Å². The lowest BCUT2D eigenvalue weighted by molar-refractivity contribution is 0.233. The number of methoxy groups -OCH3 is 3. The molecule has 3 nitrogen and oxygen atoms in total. The second kappa shape index (κ2) is 16.2. The molecule has 0 rings (SSSR count). The van der Waals surface area contributed by atoms with Crippen LogP contribution in [0.25, 0.3) is 0 Å². The highest BCUT2D eigenvalue weighted by atomic mass is 16.5. The van der Waals surface area contributed by atoms with Crippen LogP contribution in [0.3, 0.4) is 0 Å². The van der Waals surface area contributed by atoms with Gasteiger partial charge in [-0.1, -0.05) is 11.8 Å². The van der Waals surface area contributed by atoms with Gasteiger partial charge in [0, 0.05) is 28.4 Å². The van der Waals surface area contributed by atoms with E-state index in [1.165, 1.54) is 0 Å². The minimum atomic E-state index is 0.489. The third-order valence-electron chi connectivity index (χ3n) is 0.558. The zero-order valence-electron chi connectivity index (χ0n) is 7.64. The van der Waals surface area contributed by atoms with Gasteiger partial charge in [-0.2, -0.15) is 0 Å².